The minimum absolute atomic E-state index is 0.0426. The van der Waals surface area contributed by atoms with Crippen LogP contribution in [0.1, 0.15) is 26.7 Å². The van der Waals surface area contributed by atoms with Crippen LogP contribution in [0.25, 0.3) is 0 Å². The van der Waals surface area contributed by atoms with Crippen molar-refractivity contribution < 1.29 is 13.2 Å². The Morgan fingerprint density at radius 3 is 2.29 bits per heavy atom. The molecule has 0 unspecified atom stereocenters. The van der Waals surface area contributed by atoms with Gasteiger partial charge in [0.1, 0.15) is 5.75 Å². The van der Waals surface area contributed by atoms with Crippen molar-refractivity contribution >= 4 is 15.7 Å². The molecule has 4 nitrogen and oxygen atoms in total. The van der Waals surface area contributed by atoms with E-state index in [2.05, 4.69) is 0 Å². The third-order valence-corrected chi connectivity index (χ3v) is 4.00. The van der Waals surface area contributed by atoms with Crippen LogP contribution in [0.5, 0.6) is 0 Å². The predicted molar refractivity (Wildman–Crippen MR) is 54.7 cm³/mol. The summed E-state index contributed by atoms with van der Waals surface area (Å²) in [5.74, 6) is -0.522. The molecule has 5 heteroatoms. The second-order valence-electron chi connectivity index (χ2n) is 3.59. The summed E-state index contributed by atoms with van der Waals surface area (Å²) in [5, 5.41) is 0. The molecule has 0 bridgehead atoms. The Morgan fingerprint density at radius 1 is 1.36 bits per heavy atom. The number of amides is 1. The minimum atomic E-state index is -3.17. The topological polar surface area (TPSA) is 54.5 Å². The molecule has 0 aromatic heterocycles. The summed E-state index contributed by atoms with van der Waals surface area (Å²) in [6, 6.07) is 0.305. The fourth-order valence-electron chi connectivity index (χ4n) is 1.40. The lowest BCUT2D eigenvalue weighted by molar-refractivity contribution is -0.128. The Balaban J connectivity index is 2.55. The highest BCUT2D eigenvalue weighted by Gasteiger charge is 2.32. The summed E-state index contributed by atoms with van der Waals surface area (Å²) in [5.41, 5.74) is 0. The van der Waals surface area contributed by atoms with E-state index in [1.807, 2.05) is 6.92 Å². The second-order valence-corrected chi connectivity index (χ2v) is 5.94. The van der Waals surface area contributed by atoms with Gasteiger partial charge in [0.15, 0.2) is 9.84 Å². The molecule has 14 heavy (non-hydrogen) atoms. The SMILES string of the molecule is CCN(C(=O)CS(=O)(=O)CC)C1CC1. The summed E-state index contributed by atoms with van der Waals surface area (Å²) in [6.07, 6.45) is 2.04. The van der Waals surface area contributed by atoms with Crippen LogP contribution in [-0.2, 0) is 14.6 Å². The Labute approximate surface area is 85.2 Å². The van der Waals surface area contributed by atoms with E-state index < -0.39 is 9.84 Å². The number of hydrogen-bond acceptors (Lipinski definition) is 3. The first-order chi connectivity index (χ1) is 6.50. The van der Waals surface area contributed by atoms with E-state index in [0.717, 1.165) is 12.8 Å². The van der Waals surface area contributed by atoms with E-state index in [9.17, 15) is 13.2 Å². The number of sulfone groups is 1. The van der Waals surface area contributed by atoms with Crippen molar-refractivity contribution in [2.75, 3.05) is 18.1 Å². The standard InChI is InChI=1S/C9H17NO3S/c1-3-10(8-5-6-8)9(11)7-14(12,13)4-2/h8H,3-7H2,1-2H3. The molecule has 0 saturated heterocycles. The highest BCUT2D eigenvalue weighted by Crippen LogP contribution is 2.26. The van der Waals surface area contributed by atoms with E-state index in [0.29, 0.717) is 12.6 Å². The zero-order valence-corrected chi connectivity index (χ0v) is 9.51. The number of nitrogens with zero attached hydrogens (tertiary/aromatic N) is 1. The number of rotatable bonds is 5. The lowest BCUT2D eigenvalue weighted by atomic mass is 10.4. The van der Waals surface area contributed by atoms with Gasteiger partial charge >= 0.3 is 0 Å². The molecule has 0 aromatic rings. The van der Waals surface area contributed by atoms with Gasteiger partial charge in [0.2, 0.25) is 5.91 Å². The van der Waals surface area contributed by atoms with Crippen molar-refractivity contribution in [3.05, 3.63) is 0 Å². The predicted octanol–water partition coefficient (Wildman–Crippen LogP) is 0.432. The lowest BCUT2D eigenvalue weighted by Crippen LogP contribution is -2.37. The molecule has 0 atom stereocenters. The van der Waals surface area contributed by atoms with Crippen LogP contribution in [0.2, 0.25) is 0 Å². The van der Waals surface area contributed by atoms with E-state index in [1.54, 1.807) is 11.8 Å². The third kappa shape index (κ3) is 2.97. The Kier molecular flexibility index (Phi) is 3.53. The minimum Gasteiger partial charge on any atom is -0.339 e. The molecule has 0 heterocycles. The van der Waals surface area contributed by atoms with Gasteiger partial charge in [-0.05, 0) is 19.8 Å². The summed E-state index contributed by atoms with van der Waals surface area (Å²) < 4.78 is 22.5. The molecule has 0 aromatic carbocycles. The second kappa shape index (κ2) is 4.29. The molecular formula is C9H17NO3S. The van der Waals surface area contributed by atoms with Gasteiger partial charge in [0.05, 0.1) is 0 Å². The van der Waals surface area contributed by atoms with Gasteiger partial charge in [-0.3, -0.25) is 4.79 Å². The Bertz CT molecular complexity index is 306. The lowest BCUT2D eigenvalue weighted by Gasteiger charge is -2.19. The van der Waals surface area contributed by atoms with Crippen molar-refractivity contribution in [2.45, 2.75) is 32.7 Å². The maximum atomic E-state index is 11.6. The molecule has 1 saturated carbocycles. The van der Waals surface area contributed by atoms with Crippen LogP contribution in [-0.4, -0.2) is 43.3 Å². The first kappa shape index (κ1) is 11.5. The van der Waals surface area contributed by atoms with Gasteiger partial charge < -0.3 is 4.90 Å². The van der Waals surface area contributed by atoms with Crippen molar-refractivity contribution in [3.8, 4) is 0 Å². The van der Waals surface area contributed by atoms with Gasteiger partial charge in [-0.1, -0.05) is 6.92 Å². The molecular weight excluding hydrogens is 202 g/mol. The van der Waals surface area contributed by atoms with Crippen LogP contribution in [0, 0.1) is 0 Å². The molecule has 82 valence electrons. The molecule has 1 amide bonds. The van der Waals surface area contributed by atoms with Gasteiger partial charge in [-0.2, -0.15) is 0 Å². The molecule has 1 rings (SSSR count). The largest absolute Gasteiger partial charge is 0.339 e. The molecule has 1 aliphatic rings. The highest BCUT2D eigenvalue weighted by atomic mass is 32.2. The normalized spacial score (nSPS) is 16.7. The number of carbonyl (C=O) groups is 1. The van der Waals surface area contributed by atoms with Crippen LogP contribution in [0.4, 0.5) is 0 Å². The van der Waals surface area contributed by atoms with Crippen molar-refractivity contribution in [1.82, 2.24) is 4.90 Å². The number of carbonyl (C=O) groups excluding carboxylic acids is 1. The van der Waals surface area contributed by atoms with E-state index in [1.165, 1.54) is 0 Å². The monoisotopic (exact) mass is 219 g/mol. The van der Waals surface area contributed by atoms with Crippen molar-refractivity contribution in [2.24, 2.45) is 0 Å². The van der Waals surface area contributed by atoms with Crippen LogP contribution >= 0.6 is 0 Å². The summed E-state index contributed by atoms with van der Waals surface area (Å²) in [6.45, 7) is 4.06. The molecule has 0 radical (unpaired) electrons. The van der Waals surface area contributed by atoms with E-state index >= 15 is 0 Å². The van der Waals surface area contributed by atoms with Gasteiger partial charge in [0.25, 0.3) is 0 Å². The molecule has 1 fully saturated rings. The van der Waals surface area contributed by atoms with Gasteiger partial charge in [0, 0.05) is 18.3 Å². The highest BCUT2D eigenvalue weighted by molar-refractivity contribution is 7.92. The Hall–Kier alpha value is -0.580. The molecule has 1 aliphatic carbocycles. The molecule has 0 aliphatic heterocycles. The van der Waals surface area contributed by atoms with Crippen LogP contribution in [0.3, 0.4) is 0 Å². The Morgan fingerprint density at radius 2 is 1.93 bits per heavy atom. The summed E-state index contributed by atoms with van der Waals surface area (Å²) in [4.78, 5) is 13.3. The average molecular weight is 219 g/mol. The number of hydrogen-bond donors (Lipinski definition) is 0. The smallest absolute Gasteiger partial charge is 0.238 e. The fraction of sp³-hybridized carbons (Fsp3) is 0.889. The fourth-order valence-corrected chi connectivity index (χ4v) is 2.14. The van der Waals surface area contributed by atoms with Crippen LogP contribution in [0.15, 0.2) is 0 Å². The maximum absolute atomic E-state index is 11.6. The van der Waals surface area contributed by atoms with E-state index in [-0.39, 0.29) is 17.4 Å². The van der Waals surface area contributed by atoms with Crippen LogP contribution < -0.4 is 0 Å². The summed E-state index contributed by atoms with van der Waals surface area (Å²) >= 11 is 0. The van der Waals surface area contributed by atoms with Gasteiger partial charge in [-0.15, -0.1) is 0 Å². The average Bonchev–Trinajstić information content (AvgIpc) is 2.89. The maximum Gasteiger partial charge on any atom is 0.238 e. The third-order valence-electron chi connectivity index (χ3n) is 2.43. The first-order valence-corrected chi connectivity index (χ1v) is 6.82. The summed E-state index contributed by atoms with van der Waals surface area (Å²) in [7, 11) is -3.17. The van der Waals surface area contributed by atoms with Crippen molar-refractivity contribution in [1.29, 1.82) is 0 Å². The zero-order chi connectivity index (χ0) is 10.8. The van der Waals surface area contributed by atoms with Crippen molar-refractivity contribution in [3.63, 3.8) is 0 Å². The molecule has 0 N–H and O–H groups in total. The first-order valence-electron chi connectivity index (χ1n) is 5.00. The zero-order valence-electron chi connectivity index (χ0n) is 8.69. The van der Waals surface area contributed by atoms with Gasteiger partial charge in [-0.25, -0.2) is 8.42 Å². The van der Waals surface area contributed by atoms with E-state index in [4.69, 9.17) is 0 Å². The quantitative estimate of drug-likeness (QED) is 0.674. The molecule has 0 spiro atoms.